The fourth-order valence-corrected chi connectivity index (χ4v) is 3.74. The van der Waals surface area contributed by atoms with E-state index in [4.69, 9.17) is 4.74 Å². The van der Waals surface area contributed by atoms with Crippen LogP contribution in [0.3, 0.4) is 0 Å². The molecule has 1 aromatic heterocycles. The Kier molecular flexibility index (Phi) is 7.46. The standard InChI is InChI=1S/C20H20F2N4O5S/c1-12-9-24-25(10-12)11-17(27)23-5-6-26-18(28)16(32-20(26)29)8-13-3-4-14(31-19(21)22)15(7-13)30-2/h3-4,7-10,19H,5-6,11H2,1-2H3,(H,23,27)/b16-8-. The molecule has 1 fully saturated rings. The maximum atomic E-state index is 12.6. The topological polar surface area (TPSA) is 103 Å². The number of nitrogens with one attached hydrogen (secondary N) is 1. The van der Waals surface area contributed by atoms with Crippen LogP contribution >= 0.6 is 11.8 Å². The fraction of sp³-hybridized carbons (Fsp3) is 0.300. The van der Waals surface area contributed by atoms with E-state index in [0.717, 1.165) is 22.2 Å². The molecule has 170 valence electrons. The first-order valence-corrected chi connectivity index (χ1v) is 10.2. The summed E-state index contributed by atoms with van der Waals surface area (Å²) in [4.78, 5) is 38.0. The second kappa shape index (κ2) is 10.3. The van der Waals surface area contributed by atoms with Crippen LogP contribution < -0.4 is 14.8 Å². The van der Waals surface area contributed by atoms with Crippen LogP contribution in [0.4, 0.5) is 13.6 Å². The van der Waals surface area contributed by atoms with Gasteiger partial charge in [0.05, 0.1) is 18.2 Å². The third kappa shape index (κ3) is 5.84. The van der Waals surface area contributed by atoms with Crippen molar-refractivity contribution in [2.45, 2.75) is 20.1 Å². The third-order valence-corrected chi connectivity index (χ3v) is 5.21. The molecule has 0 atom stereocenters. The van der Waals surface area contributed by atoms with Crippen LogP contribution in [0.5, 0.6) is 11.5 Å². The molecule has 1 aliphatic heterocycles. The number of hydrogen-bond donors (Lipinski definition) is 1. The predicted octanol–water partition coefficient (Wildman–Crippen LogP) is 2.65. The number of alkyl halides is 2. The Morgan fingerprint density at radius 1 is 1.31 bits per heavy atom. The Balaban J connectivity index is 1.59. The minimum atomic E-state index is -3.00. The number of carbonyl (C=O) groups is 3. The number of methoxy groups -OCH3 is 1. The molecule has 0 unspecified atom stereocenters. The molecule has 0 saturated carbocycles. The van der Waals surface area contributed by atoms with Crippen LogP contribution in [-0.2, 0) is 16.1 Å². The lowest BCUT2D eigenvalue weighted by atomic mass is 10.2. The van der Waals surface area contributed by atoms with Crippen molar-refractivity contribution in [2.24, 2.45) is 0 Å². The normalized spacial score (nSPS) is 15.0. The number of benzene rings is 1. The van der Waals surface area contributed by atoms with E-state index in [0.29, 0.717) is 5.56 Å². The molecule has 9 nitrogen and oxygen atoms in total. The van der Waals surface area contributed by atoms with Gasteiger partial charge >= 0.3 is 6.61 Å². The highest BCUT2D eigenvalue weighted by Crippen LogP contribution is 2.34. The average molecular weight is 466 g/mol. The van der Waals surface area contributed by atoms with E-state index in [1.807, 2.05) is 6.92 Å². The van der Waals surface area contributed by atoms with Gasteiger partial charge in [0.2, 0.25) is 5.91 Å². The number of imide groups is 1. The monoisotopic (exact) mass is 466 g/mol. The van der Waals surface area contributed by atoms with Crippen molar-refractivity contribution in [2.75, 3.05) is 20.2 Å². The van der Waals surface area contributed by atoms with E-state index in [1.54, 1.807) is 12.4 Å². The largest absolute Gasteiger partial charge is 0.493 e. The molecule has 0 aliphatic carbocycles. The maximum absolute atomic E-state index is 12.6. The molecule has 3 amide bonds. The number of rotatable bonds is 9. The van der Waals surface area contributed by atoms with Gasteiger partial charge in [-0.1, -0.05) is 6.07 Å². The highest BCUT2D eigenvalue weighted by Gasteiger charge is 2.34. The molecular weight excluding hydrogens is 446 g/mol. The van der Waals surface area contributed by atoms with Crippen molar-refractivity contribution in [3.05, 3.63) is 46.6 Å². The summed E-state index contributed by atoms with van der Waals surface area (Å²) in [6, 6.07) is 4.17. The second-order valence-electron chi connectivity index (χ2n) is 6.69. The highest BCUT2D eigenvalue weighted by molar-refractivity contribution is 8.18. The van der Waals surface area contributed by atoms with Crippen molar-refractivity contribution < 1.29 is 32.6 Å². The van der Waals surface area contributed by atoms with Crippen molar-refractivity contribution in [1.82, 2.24) is 20.0 Å². The van der Waals surface area contributed by atoms with Crippen LogP contribution in [-0.4, -0.2) is 58.5 Å². The minimum absolute atomic E-state index is 0.0103. The summed E-state index contributed by atoms with van der Waals surface area (Å²) in [7, 11) is 1.30. The van der Waals surface area contributed by atoms with Crippen molar-refractivity contribution in [1.29, 1.82) is 0 Å². The number of thioether (sulfide) groups is 1. The Morgan fingerprint density at radius 2 is 2.09 bits per heavy atom. The van der Waals surface area contributed by atoms with Crippen LogP contribution in [0.25, 0.3) is 6.08 Å². The number of carbonyl (C=O) groups excluding carboxylic acids is 3. The van der Waals surface area contributed by atoms with E-state index < -0.39 is 17.8 Å². The number of ether oxygens (including phenoxy) is 2. The van der Waals surface area contributed by atoms with Gasteiger partial charge in [-0.25, -0.2) is 0 Å². The Hall–Kier alpha value is -3.41. The zero-order valence-corrected chi connectivity index (χ0v) is 18.0. The van der Waals surface area contributed by atoms with Gasteiger partial charge in [0.1, 0.15) is 6.54 Å². The molecule has 2 aromatic rings. The summed E-state index contributed by atoms with van der Waals surface area (Å²) in [5.74, 6) is -0.889. The summed E-state index contributed by atoms with van der Waals surface area (Å²) in [5.41, 5.74) is 1.40. The molecule has 1 N–H and O–H groups in total. The zero-order chi connectivity index (χ0) is 23.3. The van der Waals surface area contributed by atoms with Crippen LogP contribution in [0, 0.1) is 6.92 Å². The molecule has 2 heterocycles. The Morgan fingerprint density at radius 3 is 2.75 bits per heavy atom. The zero-order valence-electron chi connectivity index (χ0n) is 17.2. The van der Waals surface area contributed by atoms with Gasteiger partial charge in [-0.15, -0.1) is 0 Å². The lowest BCUT2D eigenvalue weighted by Crippen LogP contribution is -2.38. The second-order valence-corrected chi connectivity index (χ2v) is 7.68. The minimum Gasteiger partial charge on any atom is -0.493 e. The van der Waals surface area contributed by atoms with Crippen LogP contribution in [0.2, 0.25) is 0 Å². The molecule has 0 radical (unpaired) electrons. The first kappa shape index (κ1) is 23.3. The molecule has 1 aliphatic rings. The average Bonchev–Trinajstić information content (AvgIpc) is 3.25. The van der Waals surface area contributed by atoms with Gasteiger partial charge in [-0.2, -0.15) is 13.9 Å². The fourth-order valence-electron chi connectivity index (χ4n) is 2.88. The van der Waals surface area contributed by atoms with E-state index in [1.165, 1.54) is 36.1 Å². The first-order chi connectivity index (χ1) is 15.3. The van der Waals surface area contributed by atoms with Crippen LogP contribution in [0.15, 0.2) is 35.5 Å². The van der Waals surface area contributed by atoms with Gasteiger partial charge in [0, 0.05) is 19.3 Å². The highest BCUT2D eigenvalue weighted by atomic mass is 32.2. The summed E-state index contributed by atoms with van der Waals surface area (Å²) in [6.07, 6.45) is 4.81. The number of halogens is 2. The summed E-state index contributed by atoms with van der Waals surface area (Å²) in [5, 5.41) is 6.19. The molecule has 1 saturated heterocycles. The van der Waals surface area contributed by atoms with Crippen LogP contribution in [0.1, 0.15) is 11.1 Å². The van der Waals surface area contributed by atoms with E-state index in [9.17, 15) is 23.2 Å². The lowest BCUT2D eigenvalue weighted by molar-refractivity contribution is -0.124. The summed E-state index contributed by atoms with van der Waals surface area (Å²) >= 11 is 0.749. The summed E-state index contributed by atoms with van der Waals surface area (Å²) < 4.78 is 35.8. The molecule has 1 aromatic carbocycles. The molecule has 0 spiro atoms. The Labute approximate surface area is 186 Å². The van der Waals surface area contributed by atoms with E-state index in [-0.39, 0.29) is 41.9 Å². The number of aromatic nitrogens is 2. The van der Waals surface area contributed by atoms with E-state index >= 15 is 0 Å². The van der Waals surface area contributed by atoms with Gasteiger partial charge in [0.15, 0.2) is 11.5 Å². The summed E-state index contributed by atoms with van der Waals surface area (Å²) in [6.45, 7) is -1.01. The van der Waals surface area contributed by atoms with Gasteiger partial charge < -0.3 is 14.8 Å². The van der Waals surface area contributed by atoms with E-state index in [2.05, 4.69) is 15.2 Å². The number of hydrogen-bond acceptors (Lipinski definition) is 7. The van der Waals surface area contributed by atoms with Crippen molar-refractivity contribution >= 4 is 34.9 Å². The van der Waals surface area contributed by atoms with Gasteiger partial charge in [-0.3, -0.25) is 24.0 Å². The maximum Gasteiger partial charge on any atom is 0.387 e. The van der Waals surface area contributed by atoms with Gasteiger partial charge in [-0.05, 0) is 48.0 Å². The number of aryl methyl sites for hydroxylation is 1. The lowest BCUT2D eigenvalue weighted by Gasteiger charge is -2.13. The smallest absolute Gasteiger partial charge is 0.387 e. The quantitative estimate of drug-likeness (QED) is 0.567. The Bertz CT molecular complexity index is 1060. The van der Waals surface area contributed by atoms with Gasteiger partial charge in [0.25, 0.3) is 11.1 Å². The predicted molar refractivity (Wildman–Crippen MR) is 112 cm³/mol. The molecule has 32 heavy (non-hydrogen) atoms. The SMILES string of the molecule is COc1cc(/C=C2\SC(=O)N(CCNC(=O)Cn3cc(C)cn3)C2=O)ccc1OC(F)F. The number of amides is 3. The van der Waals surface area contributed by atoms with Crippen molar-refractivity contribution in [3.8, 4) is 11.5 Å². The molecule has 12 heteroatoms. The third-order valence-electron chi connectivity index (χ3n) is 4.30. The van der Waals surface area contributed by atoms with Crippen molar-refractivity contribution in [3.63, 3.8) is 0 Å². The molecule has 0 bridgehead atoms. The molecule has 3 rings (SSSR count). The number of nitrogens with zero attached hydrogens (tertiary/aromatic N) is 3. The molecular formula is C20H20F2N4O5S. The first-order valence-electron chi connectivity index (χ1n) is 9.41.